The molecule has 0 atom stereocenters. The minimum atomic E-state index is -0.204. The van der Waals surface area contributed by atoms with E-state index < -0.39 is 0 Å². The van der Waals surface area contributed by atoms with Gasteiger partial charge in [-0.05, 0) is 28.1 Å². The summed E-state index contributed by atoms with van der Waals surface area (Å²) in [5.74, 6) is -0.204. The average Bonchev–Trinajstić information content (AvgIpc) is 2.58. The molecule has 1 heterocycles. The molecule has 0 radical (unpaired) electrons. The number of rotatable bonds is 2. The van der Waals surface area contributed by atoms with E-state index in [1.807, 2.05) is 0 Å². The topological polar surface area (TPSA) is 47.8 Å². The number of halogens is 2. The second kappa shape index (κ2) is 4.35. The highest BCUT2D eigenvalue weighted by molar-refractivity contribution is 9.10. The van der Waals surface area contributed by atoms with Gasteiger partial charge in [-0.2, -0.15) is 0 Å². The van der Waals surface area contributed by atoms with Crippen LogP contribution in [0.5, 0.6) is 0 Å². The zero-order chi connectivity index (χ0) is 11.7. The summed E-state index contributed by atoms with van der Waals surface area (Å²) in [6.45, 7) is 0. The van der Waals surface area contributed by atoms with Crippen LogP contribution in [0.3, 0.4) is 0 Å². The van der Waals surface area contributed by atoms with Crippen molar-refractivity contribution >= 4 is 33.3 Å². The van der Waals surface area contributed by atoms with Gasteiger partial charge in [-0.15, -0.1) is 5.10 Å². The Morgan fingerprint density at radius 1 is 1.44 bits per heavy atom. The molecule has 2 rings (SSSR count). The van der Waals surface area contributed by atoms with Gasteiger partial charge in [0, 0.05) is 12.6 Å². The zero-order valence-electron chi connectivity index (χ0n) is 8.32. The lowest BCUT2D eigenvalue weighted by Crippen LogP contribution is -2.09. The van der Waals surface area contributed by atoms with Crippen molar-refractivity contribution in [3.05, 3.63) is 45.1 Å². The third-order valence-electron chi connectivity index (χ3n) is 2.12. The smallest absolute Gasteiger partial charge is 0.215 e. The van der Waals surface area contributed by atoms with E-state index in [1.54, 1.807) is 31.3 Å². The quantitative estimate of drug-likeness (QED) is 0.801. The van der Waals surface area contributed by atoms with Gasteiger partial charge in [-0.1, -0.05) is 28.9 Å². The molecule has 0 amide bonds. The lowest BCUT2D eigenvalue weighted by Gasteiger charge is -2.03. The first-order valence-electron chi connectivity index (χ1n) is 4.45. The summed E-state index contributed by atoms with van der Waals surface area (Å²) in [5, 5.41) is 7.92. The summed E-state index contributed by atoms with van der Waals surface area (Å²) < 4.78 is 1.83. The van der Waals surface area contributed by atoms with Crippen LogP contribution in [0.4, 0.5) is 0 Å². The largest absolute Gasteiger partial charge is 0.287 e. The van der Waals surface area contributed by atoms with Crippen molar-refractivity contribution in [2.45, 2.75) is 0 Å². The number of carbonyl (C=O) groups is 1. The van der Waals surface area contributed by atoms with E-state index >= 15 is 0 Å². The Morgan fingerprint density at radius 2 is 2.12 bits per heavy atom. The first kappa shape index (κ1) is 11.3. The van der Waals surface area contributed by atoms with Crippen molar-refractivity contribution in [1.82, 2.24) is 15.0 Å². The molecule has 0 saturated heterocycles. The molecule has 4 nitrogen and oxygen atoms in total. The Balaban J connectivity index is 2.52. The molecule has 0 saturated carbocycles. The molecule has 0 aliphatic carbocycles. The maximum atomic E-state index is 12.2. The van der Waals surface area contributed by atoms with Crippen molar-refractivity contribution in [2.24, 2.45) is 7.05 Å². The fourth-order valence-corrected chi connectivity index (χ4v) is 2.07. The van der Waals surface area contributed by atoms with E-state index in [2.05, 4.69) is 26.2 Å². The van der Waals surface area contributed by atoms with Crippen LogP contribution in [0.15, 0.2) is 28.9 Å². The Kier molecular flexibility index (Phi) is 3.07. The van der Waals surface area contributed by atoms with Gasteiger partial charge in [0.15, 0.2) is 4.60 Å². The number of hydrogen-bond donors (Lipinski definition) is 0. The van der Waals surface area contributed by atoms with E-state index in [1.165, 1.54) is 4.68 Å². The number of nitrogens with zero attached hydrogens (tertiary/aromatic N) is 3. The molecule has 0 N–H and O–H groups in total. The minimum absolute atomic E-state index is 0.204. The summed E-state index contributed by atoms with van der Waals surface area (Å²) in [5.41, 5.74) is 0.823. The lowest BCUT2D eigenvalue weighted by molar-refractivity contribution is 0.102. The third kappa shape index (κ3) is 1.88. The van der Waals surface area contributed by atoms with Crippen molar-refractivity contribution in [3.63, 3.8) is 0 Å². The average molecular weight is 301 g/mol. The summed E-state index contributed by atoms with van der Waals surface area (Å²) in [6.07, 6.45) is 0. The molecule has 6 heteroatoms. The fraction of sp³-hybridized carbons (Fsp3) is 0.100. The molecule has 2 aromatic rings. The van der Waals surface area contributed by atoms with Gasteiger partial charge in [0.2, 0.25) is 5.78 Å². The highest BCUT2D eigenvalue weighted by atomic mass is 79.9. The van der Waals surface area contributed by atoms with Gasteiger partial charge in [0.25, 0.3) is 0 Å². The monoisotopic (exact) mass is 299 g/mol. The van der Waals surface area contributed by atoms with Crippen LogP contribution in [-0.4, -0.2) is 20.8 Å². The molecule has 0 bridgehead atoms. The van der Waals surface area contributed by atoms with Gasteiger partial charge in [0.05, 0.1) is 5.02 Å². The van der Waals surface area contributed by atoms with Crippen LogP contribution in [0.1, 0.15) is 16.1 Å². The van der Waals surface area contributed by atoms with Crippen LogP contribution in [0.25, 0.3) is 0 Å². The summed E-state index contributed by atoms with van der Waals surface area (Å²) >= 11 is 9.14. The summed E-state index contributed by atoms with van der Waals surface area (Å²) in [4.78, 5) is 12.2. The lowest BCUT2D eigenvalue weighted by atomic mass is 10.1. The van der Waals surface area contributed by atoms with Gasteiger partial charge in [-0.25, -0.2) is 4.68 Å². The van der Waals surface area contributed by atoms with E-state index in [0.717, 1.165) is 0 Å². The number of aromatic nitrogens is 3. The third-order valence-corrected chi connectivity index (χ3v) is 2.98. The maximum absolute atomic E-state index is 12.2. The normalized spacial score (nSPS) is 10.4. The highest BCUT2D eigenvalue weighted by Crippen LogP contribution is 2.21. The summed E-state index contributed by atoms with van der Waals surface area (Å²) in [6, 6.07) is 6.88. The summed E-state index contributed by atoms with van der Waals surface area (Å²) in [7, 11) is 1.65. The van der Waals surface area contributed by atoms with Gasteiger partial charge in [-0.3, -0.25) is 4.79 Å². The van der Waals surface area contributed by atoms with E-state index in [0.29, 0.717) is 20.9 Å². The predicted octanol–water partition coefficient (Wildman–Crippen LogP) is 2.46. The molecule has 0 aliphatic heterocycles. The molecule has 1 aromatic carbocycles. The van der Waals surface area contributed by atoms with Crippen LogP contribution in [0.2, 0.25) is 5.02 Å². The fourth-order valence-electron chi connectivity index (χ4n) is 1.35. The molecule has 16 heavy (non-hydrogen) atoms. The molecule has 0 fully saturated rings. The first-order chi connectivity index (χ1) is 7.61. The standard InChI is InChI=1S/C10H7BrClN3O/c1-15-8(10(11)13-14-15)9(16)6-4-2-3-5-7(6)12/h2-5H,1H3. The first-order valence-corrected chi connectivity index (χ1v) is 5.62. The molecule has 0 unspecified atom stereocenters. The number of aryl methyl sites for hydroxylation is 1. The molecule has 82 valence electrons. The maximum Gasteiger partial charge on any atom is 0.215 e. The second-order valence-electron chi connectivity index (χ2n) is 3.16. The van der Waals surface area contributed by atoms with Crippen molar-refractivity contribution < 1.29 is 4.79 Å². The number of ketones is 1. The van der Waals surface area contributed by atoms with Crippen LogP contribution < -0.4 is 0 Å². The van der Waals surface area contributed by atoms with Gasteiger partial charge in [0.1, 0.15) is 5.69 Å². The van der Waals surface area contributed by atoms with E-state index in [9.17, 15) is 4.79 Å². The predicted molar refractivity (Wildman–Crippen MR) is 63.6 cm³/mol. The molecular formula is C10H7BrClN3O. The number of carbonyl (C=O) groups excluding carboxylic acids is 1. The Labute approximate surface area is 105 Å². The van der Waals surface area contributed by atoms with E-state index in [4.69, 9.17) is 11.6 Å². The molecule has 0 aliphatic rings. The SMILES string of the molecule is Cn1nnc(Br)c1C(=O)c1ccccc1Cl. The van der Waals surface area contributed by atoms with Crippen molar-refractivity contribution in [3.8, 4) is 0 Å². The Hall–Kier alpha value is -1.20. The molecular weight excluding hydrogens is 293 g/mol. The zero-order valence-corrected chi connectivity index (χ0v) is 10.7. The van der Waals surface area contributed by atoms with Crippen molar-refractivity contribution in [2.75, 3.05) is 0 Å². The molecule has 0 spiro atoms. The number of hydrogen-bond acceptors (Lipinski definition) is 3. The van der Waals surface area contributed by atoms with Crippen LogP contribution >= 0.6 is 27.5 Å². The van der Waals surface area contributed by atoms with Crippen LogP contribution in [0, 0.1) is 0 Å². The molecule has 1 aromatic heterocycles. The van der Waals surface area contributed by atoms with Crippen LogP contribution in [-0.2, 0) is 7.05 Å². The van der Waals surface area contributed by atoms with Gasteiger partial charge < -0.3 is 0 Å². The minimum Gasteiger partial charge on any atom is -0.287 e. The van der Waals surface area contributed by atoms with E-state index in [-0.39, 0.29) is 5.78 Å². The highest BCUT2D eigenvalue weighted by Gasteiger charge is 2.20. The number of benzene rings is 1. The van der Waals surface area contributed by atoms with Crippen molar-refractivity contribution in [1.29, 1.82) is 0 Å². The van der Waals surface area contributed by atoms with Gasteiger partial charge >= 0.3 is 0 Å². The Morgan fingerprint density at radius 3 is 2.69 bits per heavy atom. The Bertz CT molecular complexity index is 533. The second-order valence-corrected chi connectivity index (χ2v) is 4.32.